The maximum atomic E-state index is 11.3. The molecule has 1 N–H and O–H groups in total. The first-order valence-corrected chi connectivity index (χ1v) is 5.00. The van der Waals surface area contributed by atoms with Gasteiger partial charge in [-0.2, -0.15) is 0 Å². The second-order valence-corrected chi connectivity index (χ2v) is 3.53. The summed E-state index contributed by atoms with van der Waals surface area (Å²) in [7, 11) is 2.85. The SMILES string of the molecule is COC(=O)C(C)C(O)c1cccc(OC)c1. The molecule has 2 atom stereocenters. The van der Waals surface area contributed by atoms with Crippen molar-refractivity contribution in [3.63, 3.8) is 0 Å². The molecule has 0 aromatic heterocycles. The van der Waals surface area contributed by atoms with Gasteiger partial charge in [0.2, 0.25) is 0 Å². The van der Waals surface area contributed by atoms with Crippen LogP contribution in [0, 0.1) is 5.92 Å². The summed E-state index contributed by atoms with van der Waals surface area (Å²) in [5, 5.41) is 9.95. The molecule has 2 unspecified atom stereocenters. The number of rotatable bonds is 4. The van der Waals surface area contributed by atoms with Crippen molar-refractivity contribution in [3.05, 3.63) is 29.8 Å². The summed E-state index contributed by atoms with van der Waals surface area (Å²) < 4.78 is 9.63. The fourth-order valence-electron chi connectivity index (χ4n) is 1.43. The van der Waals surface area contributed by atoms with E-state index >= 15 is 0 Å². The van der Waals surface area contributed by atoms with Crippen LogP contribution in [0.25, 0.3) is 0 Å². The topological polar surface area (TPSA) is 55.8 Å². The molecule has 0 saturated heterocycles. The van der Waals surface area contributed by atoms with Gasteiger partial charge in [-0.15, -0.1) is 0 Å². The van der Waals surface area contributed by atoms with E-state index in [2.05, 4.69) is 4.74 Å². The third-order valence-corrected chi connectivity index (χ3v) is 2.48. The summed E-state index contributed by atoms with van der Waals surface area (Å²) >= 11 is 0. The molecule has 0 radical (unpaired) electrons. The van der Waals surface area contributed by atoms with Gasteiger partial charge in [0, 0.05) is 0 Å². The van der Waals surface area contributed by atoms with Crippen molar-refractivity contribution in [1.82, 2.24) is 0 Å². The van der Waals surface area contributed by atoms with Gasteiger partial charge in [-0.3, -0.25) is 4.79 Å². The number of esters is 1. The number of aliphatic hydroxyl groups excluding tert-OH is 1. The summed E-state index contributed by atoms with van der Waals surface area (Å²) in [5.41, 5.74) is 0.636. The number of carbonyl (C=O) groups is 1. The quantitative estimate of drug-likeness (QED) is 0.788. The Morgan fingerprint density at radius 3 is 2.62 bits per heavy atom. The number of carbonyl (C=O) groups excluding carboxylic acids is 1. The van der Waals surface area contributed by atoms with Gasteiger partial charge in [-0.05, 0) is 24.6 Å². The molecule has 0 spiro atoms. The molecule has 4 nitrogen and oxygen atoms in total. The Morgan fingerprint density at radius 1 is 1.38 bits per heavy atom. The first kappa shape index (κ1) is 12.5. The molecule has 0 heterocycles. The number of benzene rings is 1. The van der Waals surface area contributed by atoms with Crippen LogP contribution < -0.4 is 4.74 Å². The molecule has 1 rings (SSSR count). The van der Waals surface area contributed by atoms with Crippen LogP contribution in [0.3, 0.4) is 0 Å². The maximum Gasteiger partial charge on any atom is 0.311 e. The van der Waals surface area contributed by atoms with Gasteiger partial charge in [0.15, 0.2) is 0 Å². The van der Waals surface area contributed by atoms with Crippen molar-refractivity contribution >= 4 is 5.97 Å². The molecule has 0 aliphatic rings. The van der Waals surface area contributed by atoms with Gasteiger partial charge in [0.05, 0.1) is 26.2 Å². The predicted molar refractivity (Wildman–Crippen MR) is 59.1 cm³/mol. The van der Waals surface area contributed by atoms with E-state index in [0.29, 0.717) is 11.3 Å². The first-order chi connectivity index (χ1) is 7.60. The highest BCUT2D eigenvalue weighted by Gasteiger charge is 2.24. The van der Waals surface area contributed by atoms with Gasteiger partial charge in [0.25, 0.3) is 0 Å². The summed E-state index contributed by atoms with van der Waals surface area (Å²) in [6.07, 6.45) is -0.887. The van der Waals surface area contributed by atoms with E-state index in [1.807, 2.05) is 0 Å². The minimum Gasteiger partial charge on any atom is -0.497 e. The van der Waals surface area contributed by atoms with Crippen LogP contribution in [0.1, 0.15) is 18.6 Å². The van der Waals surface area contributed by atoms with Crippen LogP contribution >= 0.6 is 0 Å². The number of ether oxygens (including phenoxy) is 2. The van der Waals surface area contributed by atoms with Crippen molar-refractivity contribution < 1.29 is 19.4 Å². The monoisotopic (exact) mass is 224 g/mol. The lowest BCUT2D eigenvalue weighted by Gasteiger charge is -2.17. The molecule has 16 heavy (non-hydrogen) atoms. The van der Waals surface area contributed by atoms with Crippen LogP contribution in [0.15, 0.2) is 24.3 Å². The Kier molecular flexibility index (Phi) is 4.31. The van der Waals surface area contributed by atoms with E-state index in [1.165, 1.54) is 7.11 Å². The zero-order valence-electron chi connectivity index (χ0n) is 9.64. The molecule has 1 aromatic rings. The van der Waals surface area contributed by atoms with E-state index in [1.54, 1.807) is 38.3 Å². The molecule has 0 aliphatic carbocycles. The van der Waals surface area contributed by atoms with Gasteiger partial charge < -0.3 is 14.6 Å². The van der Waals surface area contributed by atoms with Gasteiger partial charge >= 0.3 is 5.97 Å². The van der Waals surface area contributed by atoms with Crippen LogP contribution in [0.2, 0.25) is 0 Å². The van der Waals surface area contributed by atoms with Gasteiger partial charge in [0.1, 0.15) is 5.75 Å². The van der Waals surface area contributed by atoms with Crippen LogP contribution in [0.4, 0.5) is 0 Å². The Labute approximate surface area is 94.8 Å². The summed E-state index contributed by atoms with van der Waals surface area (Å²) in [6, 6.07) is 6.98. The van der Waals surface area contributed by atoms with E-state index in [-0.39, 0.29) is 0 Å². The Bertz CT molecular complexity index is 362. The molecular weight excluding hydrogens is 208 g/mol. The zero-order valence-corrected chi connectivity index (χ0v) is 9.64. The predicted octanol–water partition coefficient (Wildman–Crippen LogP) is 1.54. The van der Waals surface area contributed by atoms with Gasteiger partial charge in [-0.25, -0.2) is 0 Å². The Balaban J connectivity index is 2.86. The van der Waals surface area contributed by atoms with Crippen LogP contribution in [-0.4, -0.2) is 25.3 Å². The molecule has 0 saturated carbocycles. The Hall–Kier alpha value is -1.55. The van der Waals surface area contributed by atoms with E-state index in [4.69, 9.17) is 4.74 Å². The van der Waals surface area contributed by atoms with Crippen molar-refractivity contribution in [2.24, 2.45) is 5.92 Å². The molecule has 1 aromatic carbocycles. The smallest absolute Gasteiger partial charge is 0.311 e. The lowest BCUT2D eigenvalue weighted by Crippen LogP contribution is -2.20. The Morgan fingerprint density at radius 2 is 2.06 bits per heavy atom. The first-order valence-electron chi connectivity index (χ1n) is 5.00. The third-order valence-electron chi connectivity index (χ3n) is 2.48. The molecule has 0 bridgehead atoms. The number of aliphatic hydroxyl groups is 1. The highest BCUT2D eigenvalue weighted by atomic mass is 16.5. The van der Waals surface area contributed by atoms with E-state index in [0.717, 1.165) is 0 Å². The average molecular weight is 224 g/mol. The van der Waals surface area contributed by atoms with Crippen LogP contribution in [-0.2, 0) is 9.53 Å². The zero-order chi connectivity index (χ0) is 12.1. The number of hydrogen-bond acceptors (Lipinski definition) is 4. The summed E-state index contributed by atoms with van der Waals surface area (Å²) in [4.78, 5) is 11.3. The fraction of sp³-hybridized carbons (Fsp3) is 0.417. The highest BCUT2D eigenvalue weighted by molar-refractivity contribution is 5.72. The van der Waals surface area contributed by atoms with E-state index in [9.17, 15) is 9.90 Å². The molecular formula is C12H16O4. The standard InChI is InChI=1S/C12H16O4/c1-8(12(14)16-3)11(13)9-5-4-6-10(7-9)15-2/h4-8,11,13H,1-3H3. The lowest BCUT2D eigenvalue weighted by molar-refractivity contribution is -0.148. The van der Waals surface area contributed by atoms with Crippen LogP contribution in [0.5, 0.6) is 5.75 Å². The lowest BCUT2D eigenvalue weighted by atomic mass is 9.97. The molecule has 88 valence electrons. The van der Waals surface area contributed by atoms with Crippen molar-refractivity contribution in [1.29, 1.82) is 0 Å². The highest BCUT2D eigenvalue weighted by Crippen LogP contribution is 2.25. The largest absolute Gasteiger partial charge is 0.497 e. The number of methoxy groups -OCH3 is 2. The minimum absolute atomic E-state index is 0.435. The van der Waals surface area contributed by atoms with E-state index < -0.39 is 18.0 Å². The second-order valence-electron chi connectivity index (χ2n) is 3.53. The van der Waals surface area contributed by atoms with Crippen molar-refractivity contribution in [2.75, 3.05) is 14.2 Å². The third kappa shape index (κ3) is 2.73. The average Bonchev–Trinajstić information content (AvgIpc) is 2.36. The van der Waals surface area contributed by atoms with Gasteiger partial charge in [-0.1, -0.05) is 12.1 Å². The van der Waals surface area contributed by atoms with Crippen molar-refractivity contribution in [2.45, 2.75) is 13.0 Å². The molecule has 0 amide bonds. The normalized spacial score (nSPS) is 14.0. The second kappa shape index (κ2) is 5.51. The molecule has 4 heteroatoms. The fourth-order valence-corrected chi connectivity index (χ4v) is 1.43. The molecule has 0 fully saturated rings. The summed E-state index contributed by atoms with van der Waals surface area (Å²) in [5.74, 6) is -0.388. The maximum absolute atomic E-state index is 11.3. The number of hydrogen-bond donors (Lipinski definition) is 1. The summed E-state index contributed by atoms with van der Waals surface area (Å²) in [6.45, 7) is 1.62. The van der Waals surface area contributed by atoms with Crippen molar-refractivity contribution in [3.8, 4) is 5.75 Å². The minimum atomic E-state index is -0.887. The molecule has 0 aliphatic heterocycles.